The molecule has 0 radical (unpaired) electrons. The average Bonchev–Trinajstić information content (AvgIpc) is 2.95. The number of rotatable bonds is 7. The molecule has 1 aliphatic heterocycles. The fraction of sp³-hybridized carbons (Fsp3) is 0.345. The van der Waals surface area contributed by atoms with Gasteiger partial charge >= 0.3 is 12.1 Å². The molecule has 3 aromatic rings. The minimum absolute atomic E-state index is 0.210. The van der Waals surface area contributed by atoms with Crippen LogP contribution in [-0.2, 0) is 9.53 Å². The second kappa shape index (κ2) is 13.5. The molecule has 0 atom stereocenters. The molecule has 0 bridgehead atoms. The van der Waals surface area contributed by atoms with Crippen molar-refractivity contribution < 1.29 is 23.9 Å². The second-order valence-electron chi connectivity index (χ2n) is 10.7. The largest absolute Gasteiger partial charge is 0.494 e. The Balaban J connectivity index is 1.40. The van der Waals surface area contributed by atoms with Gasteiger partial charge in [0.2, 0.25) is 11.9 Å². The van der Waals surface area contributed by atoms with E-state index in [9.17, 15) is 14.4 Å². The van der Waals surface area contributed by atoms with Gasteiger partial charge in [-0.25, -0.2) is 14.6 Å². The minimum atomic E-state index is -0.578. The summed E-state index contributed by atoms with van der Waals surface area (Å²) in [5.41, 5.74) is 1.68. The topological polar surface area (TPSA) is 150 Å². The van der Waals surface area contributed by atoms with Crippen molar-refractivity contribution in [1.29, 1.82) is 0 Å². The maximum absolute atomic E-state index is 12.9. The van der Waals surface area contributed by atoms with Crippen LogP contribution in [0.5, 0.6) is 5.75 Å². The third-order valence-corrected chi connectivity index (χ3v) is 6.43. The minimum Gasteiger partial charge on any atom is -0.494 e. The van der Waals surface area contributed by atoms with Crippen molar-refractivity contribution in [2.75, 3.05) is 54.6 Å². The zero-order chi connectivity index (χ0) is 31.1. The first-order chi connectivity index (χ1) is 20.4. The van der Waals surface area contributed by atoms with Crippen LogP contribution in [0.2, 0.25) is 5.02 Å². The van der Waals surface area contributed by atoms with E-state index in [1.54, 1.807) is 46.2 Å². The molecule has 4 rings (SSSR count). The molecule has 228 valence electrons. The fourth-order valence-corrected chi connectivity index (χ4v) is 4.29. The Bertz CT molecular complexity index is 1490. The zero-order valence-electron chi connectivity index (χ0n) is 24.7. The van der Waals surface area contributed by atoms with Crippen molar-refractivity contribution in [3.63, 3.8) is 0 Å². The predicted molar refractivity (Wildman–Crippen MR) is 166 cm³/mol. The van der Waals surface area contributed by atoms with E-state index in [2.05, 4.69) is 31.2 Å². The number of benzene rings is 2. The maximum atomic E-state index is 12.9. The molecule has 43 heavy (non-hydrogen) atoms. The lowest BCUT2D eigenvalue weighted by atomic mass is 10.2. The number of hydrogen-bond acceptors (Lipinski definition) is 9. The molecule has 4 N–H and O–H groups in total. The first-order valence-corrected chi connectivity index (χ1v) is 13.9. The molecule has 1 saturated heterocycles. The number of amides is 4. The summed E-state index contributed by atoms with van der Waals surface area (Å²) in [5, 5.41) is 12.2. The highest BCUT2D eigenvalue weighted by Gasteiger charge is 2.28. The van der Waals surface area contributed by atoms with Crippen molar-refractivity contribution in [2.45, 2.75) is 33.3 Å². The normalized spacial score (nSPS) is 13.2. The number of ether oxygens (including phenoxy) is 2. The lowest BCUT2D eigenvalue weighted by molar-refractivity contribution is -0.114. The summed E-state index contributed by atoms with van der Waals surface area (Å²) < 4.78 is 11.0. The number of nitrogens with one attached hydrogen (secondary N) is 4. The van der Waals surface area contributed by atoms with E-state index in [0.29, 0.717) is 60.5 Å². The number of aromatic nitrogens is 2. The van der Waals surface area contributed by atoms with E-state index in [1.165, 1.54) is 20.2 Å². The van der Waals surface area contributed by atoms with Crippen LogP contribution in [-0.4, -0.2) is 76.7 Å². The molecular weight excluding hydrogens is 576 g/mol. The van der Waals surface area contributed by atoms with Crippen LogP contribution in [0.15, 0.2) is 48.7 Å². The van der Waals surface area contributed by atoms with E-state index in [0.717, 1.165) is 0 Å². The van der Waals surface area contributed by atoms with Crippen LogP contribution in [0.25, 0.3) is 0 Å². The summed E-state index contributed by atoms with van der Waals surface area (Å²) in [6, 6.07) is 12.0. The highest BCUT2D eigenvalue weighted by atomic mass is 35.5. The summed E-state index contributed by atoms with van der Waals surface area (Å²) >= 11 is 6.35. The Morgan fingerprint density at radius 2 is 1.58 bits per heavy atom. The van der Waals surface area contributed by atoms with Crippen LogP contribution < -0.4 is 26.0 Å². The Hall–Kier alpha value is -4.78. The molecule has 4 amide bonds. The van der Waals surface area contributed by atoms with Crippen LogP contribution in [0.3, 0.4) is 0 Å². The van der Waals surface area contributed by atoms with Gasteiger partial charge in [0.1, 0.15) is 16.4 Å². The number of piperazine rings is 1. The summed E-state index contributed by atoms with van der Waals surface area (Å²) in [7, 11) is 1.51. The van der Waals surface area contributed by atoms with Crippen LogP contribution in [0, 0.1) is 0 Å². The molecule has 1 fully saturated rings. The van der Waals surface area contributed by atoms with Crippen LogP contribution in [0.1, 0.15) is 27.7 Å². The number of carbonyl (C=O) groups excluding carboxylic acids is 3. The number of hydrogen-bond donors (Lipinski definition) is 4. The lowest BCUT2D eigenvalue weighted by Crippen LogP contribution is -2.52. The number of urea groups is 1. The van der Waals surface area contributed by atoms with Crippen LogP contribution in [0.4, 0.5) is 44.1 Å². The molecule has 0 saturated carbocycles. The molecule has 2 aromatic carbocycles. The van der Waals surface area contributed by atoms with Crippen molar-refractivity contribution >= 4 is 64.1 Å². The van der Waals surface area contributed by atoms with Gasteiger partial charge in [-0.1, -0.05) is 23.7 Å². The number of nitrogens with zero attached hydrogens (tertiary/aromatic N) is 4. The highest BCUT2D eigenvalue weighted by molar-refractivity contribution is 6.33. The second-order valence-corrected chi connectivity index (χ2v) is 11.1. The van der Waals surface area contributed by atoms with Gasteiger partial charge in [0.05, 0.1) is 30.4 Å². The molecule has 14 heteroatoms. The van der Waals surface area contributed by atoms with Gasteiger partial charge in [-0.3, -0.25) is 4.79 Å². The summed E-state index contributed by atoms with van der Waals surface area (Å²) in [6.45, 7) is 8.39. The number of para-hydroxylation sites is 2. The Kier molecular flexibility index (Phi) is 9.76. The highest BCUT2D eigenvalue weighted by Crippen LogP contribution is 2.32. The smallest absolute Gasteiger partial charge is 0.410 e. The fourth-order valence-electron chi connectivity index (χ4n) is 4.15. The molecular formula is C29H35ClN8O5. The van der Waals surface area contributed by atoms with E-state index in [4.69, 9.17) is 21.1 Å². The molecule has 1 aliphatic rings. The predicted octanol–water partition coefficient (Wildman–Crippen LogP) is 5.67. The summed E-state index contributed by atoms with van der Waals surface area (Å²) in [5.74, 6) is 0.794. The van der Waals surface area contributed by atoms with Gasteiger partial charge < -0.3 is 40.5 Å². The SMILES string of the molecule is COc1cc(NC(=O)N2CCN(C(=O)OC(C)(C)C)CC2)ccc1Nc1ncc(Cl)c(Nc2ccccc2NC(C)=O)n1. The first kappa shape index (κ1) is 31.2. The van der Waals surface area contributed by atoms with Gasteiger partial charge in [0, 0.05) is 44.9 Å². The van der Waals surface area contributed by atoms with Crippen molar-refractivity contribution in [2.24, 2.45) is 0 Å². The number of anilines is 6. The summed E-state index contributed by atoms with van der Waals surface area (Å²) in [6.07, 6.45) is 1.06. The molecule has 13 nitrogen and oxygen atoms in total. The average molecular weight is 611 g/mol. The van der Waals surface area contributed by atoms with E-state index in [1.807, 2.05) is 26.8 Å². The van der Waals surface area contributed by atoms with E-state index < -0.39 is 5.60 Å². The van der Waals surface area contributed by atoms with Gasteiger partial charge in [-0.2, -0.15) is 4.98 Å². The molecule has 2 heterocycles. The quantitative estimate of drug-likeness (QED) is 0.265. The molecule has 0 unspecified atom stereocenters. The van der Waals surface area contributed by atoms with Crippen LogP contribution >= 0.6 is 11.6 Å². The maximum Gasteiger partial charge on any atom is 0.410 e. The monoisotopic (exact) mass is 610 g/mol. The van der Waals surface area contributed by atoms with Gasteiger partial charge in [-0.15, -0.1) is 0 Å². The Labute approximate surface area is 254 Å². The van der Waals surface area contributed by atoms with E-state index >= 15 is 0 Å². The Morgan fingerprint density at radius 3 is 2.23 bits per heavy atom. The first-order valence-electron chi connectivity index (χ1n) is 13.6. The number of halogens is 1. The molecule has 1 aromatic heterocycles. The van der Waals surface area contributed by atoms with Gasteiger partial charge in [0.15, 0.2) is 5.82 Å². The number of methoxy groups -OCH3 is 1. The summed E-state index contributed by atoms with van der Waals surface area (Å²) in [4.78, 5) is 48.8. The van der Waals surface area contributed by atoms with Gasteiger partial charge in [-0.05, 0) is 45.0 Å². The zero-order valence-corrected chi connectivity index (χ0v) is 25.4. The van der Waals surface area contributed by atoms with Crippen molar-refractivity contribution in [3.8, 4) is 5.75 Å². The third-order valence-electron chi connectivity index (χ3n) is 6.15. The van der Waals surface area contributed by atoms with Crippen molar-refractivity contribution in [3.05, 3.63) is 53.7 Å². The van der Waals surface area contributed by atoms with Crippen molar-refractivity contribution in [1.82, 2.24) is 19.8 Å². The number of carbonyl (C=O) groups is 3. The third kappa shape index (κ3) is 8.61. The molecule has 0 spiro atoms. The van der Waals surface area contributed by atoms with Gasteiger partial charge in [0.25, 0.3) is 0 Å². The standard InChI is InChI=1S/C29H35ClN8O5/c1-18(39)32-21-8-6-7-9-22(21)34-25-20(30)17-31-26(36-25)35-23-11-10-19(16-24(23)42-5)33-27(40)37-12-14-38(15-13-37)28(41)43-29(2,3)4/h6-11,16-17H,12-15H2,1-5H3,(H,32,39)(H,33,40)(H2,31,34,35,36). The van der Waals surface area contributed by atoms with E-state index in [-0.39, 0.29) is 29.0 Å². The Morgan fingerprint density at radius 1 is 0.907 bits per heavy atom. The molecule has 0 aliphatic carbocycles. The lowest BCUT2D eigenvalue weighted by Gasteiger charge is -2.35.